The molecule has 2 aromatic rings. The third-order valence-corrected chi connectivity index (χ3v) is 5.21. The highest BCUT2D eigenvalue weighted by atomic mass is 32.2. The zero-order chi connectivity index (χ0) is 15.9. The van der Waals surface area contributed by atoms with Crippen molar-refractivity contribution < 1.29 is 18.0 Å². The molecule has 1 aliphatic rings. The number of hydrogen-bond donors (Lipinski definition) is 1. The minimum Gasteiger partial charge on any atom is -0.322 e. The standard InChI is InChI=1S/C15H12N2O4S/c1-17-15(19)12-8-7-10(9-13(12)22(17,20)21)14(18)16-11-5-3-2-4-6-11/h2-9H,1H3,(H,16,18). The Bertz CT molecular complexity index is 876. The van der Waals surface area contributed by atoms with Crippen molar-refractivity contribution in [3.05, 3.63) is 59.7 Å². The highest BCUT2D eigenvalue weighted by Crippen LogP contribution is 2.29. The number of fused-ring (bicyclic) bond motifs is 1. The summed E-state index contributed by atoms with van der Waals surface area (Å²) in [6.07, 6.45) is 0. The van der Waals surface area contributed by atoms with Crippen molar-refractivity contribution in [1.82, 2.24) is 4.31 Å². The highest BCUT2D eigenvalue weighted by molar-refractivity contribution is 7.90. The van der Waals surface area contributed by atoms with E-state index in [9.17, 15) is 18.0 Å². The van der Waals surface area contributed by atoms with Gasteiger partial charge in [0.15, 0.2) is 0 Å². The normalized spacial score (nSPS) is 15.5. The van der Waals surface area contributed by atoms with Crippen LogP contribution in [0.3, 0.4) is 0 Å². The number of hydrogen-bond acceptors (Lipinski definition) is 4. The molecular formula is C15H12N2O4S. The molecule has 22 heavy (non-hydrogen) atoms. The first-order valence-corrected chi connectivity index (χ1v) is 7.89. The van der Waals surface area contributed by atoms with E-state index in [1.165, 1.54) is 25.2 Å². The predicted molar refractivity (Wildman–Crippen MR) is 80.1 cm³/mol. The van der Waals surface area contributed by atoms with Gasteiger partial charge in [-0.1, -0.05) is 18.2 Å². The van der Waals surface area contributed by atoms with E-state index in [4.69, 9.17) is 0 Å². The molecule has 0 saturated carbocycles. The van der Waals surface area contributed by atoms with E-state index < -0.39 is 21.8 Å². The molecule has 7 heteroatoms. The van der Waals surface area contributed by atoms with Crippen molar-refractivity contribution >= 4 is 27.5 Å². The van der Waals surface area contributed by atoms with E-state index >= 15 is 0 Å². The molecule has 2 aromatic carbocycles. The van der Waals surface area contributed by atoms with E-state index in [0.29, 0.717) is 9.99 Å². The van der Waals surface area contributed by atoms with E-state index in [0.717, 1.165) is 0 Å². The van der Waals surface area contributed by atoms with Gasteiger partial charge in [0.2, 0.25) is 0 Å². The number of sulfonamides is 1. The Morgan fingerprint density at radius 3 is 2.45 bits per heavy atom. The molecule has 0 aromatic heterocycles. The zero-order valence-corrected chi connectivity index (χ0v) is 12.4. The fourth-order valence-electron chi connectivity index (χ4n) is 2.20. The van der Waals surface area contributed by atoms with Gasteiger partial charge in [-0.05, 0) is 30.3 Å². The fourth-order valence-corrected chi connectivity index (χ4v) is 3.53. The van der Waals surface area contributed by atoms with Gasteiger partial charge in [-0.25, -0.2) is 12.7 Å². The maximum atomic E-state index is 12.2. The average Bonchev–Trinajstić information content (AvgIpc) is 2.69. The molecule has 0 fully saturated rings. The minimum absolute atomic E-state index is 0.0822. The molecule has 0 aliphatic carbocycles. The van der Waals surface area contributed by atoms with E-state index in [2.05, 4.69) is 5.32 Å². The maximum Gasteiger partial charge on any atom is 0.268 e. The summed E-state index contributed by atoms with van der Waals surface area (Å²) in [6.45, 7) is 0. The molecule has 0 spiro atoms. The summed E-state index contributed by atoms with van der Waals surface area (Å²) >= 11 is 0. The molecule has 1 heterocycles. The van der Waals surface area contributed by atoms with Crippen LogP contribution in [0.1, 0.15) is 20.7 Å². The van der Waals surface area contributed by atoms with Crippen LogP contribution >= 0.6 is 0 Å². The second kappa shape index (κ2) is 4.96. The van der Waals surface area contributed by atoms with Crippen molar-refractivity contribution in [2.75, 3.05) is 12.4 Å². The van der Waals surface area contributed by atoms with Crippen molar-refractivity contribution in [3.63, 3.8) is 0 Å². The molecular weight excluding hydrogens is 304 g/mol. The smallest absolute Gasteiger partial charge is 0.268 e. The summed E-state index contributed by atoms with van der Waals surface area (Å²) in [5.41, 5.74) is 0.858. The molecule has 1 aliphatic heterocycles. The number of nitrogens with one attached hydrogen (secondary N) is 1. The number of carbonyl (C=O) groups excluding carboxylic acids is 2. The van der Waals surface area contributed by atoms with E-state index in [1.54, 1.807) is 24.3 Å². The number of benzene rings is 2. The van der Waals surface area contributed by atoms with E-state index in [-0.39, 0.29) is 16.0 Å². The predicted octanol–water partition coefficient (Wildman–Crippen LogP) is 1.71. The van der Waals surface area contributed by atoms with Crippen LogP contribution in [0.2, 0.25) is 0 Å². The number of nitrogens with zero attached hydrogens (tertiary/aromatic N) is 1. The Morgan fingerprint density at radius 1 is 1.09 bits per heavy atom. The van der Waals surface area contributed by atoms with Gasteiger partial charge in [-0.15, -0.1) is 0 Å². The number of anilines is 1. The third-order valence-electron chi connectivity index (χ3n) is 3.43. The third kappa shape index (κ3) is 2.15. The van der Waals surface area contributed by atoms with Crippen LogP contribution in [0.4, 0.5) is 5.69 Å². The van der Waals surface area contributed by atoms with Gasteiger partial charge in [-0.2, -0.15) is 0 Å². The van der Waals surface area contributed by atoms with Crippen LogP contribution in [0.25, 0.3) is 0 Å². The minimum atomic E-state index is -3.86. The maximum absolute atomic E-state index is 12.2. The zero-order valence-electron chi connectivity index (χ0n) is 11.6. The largest absolute Gasteiger partial charge is 0.322 e. The van der Waals surface area contributed by atoms with Crippen molar-refractivity contribution in [3.8, 4) is 0 Å². The molecule has 1 N–H and O–H groups in total. The van der Waals surface area contributed by atoms with Crippen molar-refractivity contribution in [1.29, 1.82) is 0 Å². The highest BCUT2D eigenvalue weighted by Gasteiger charge is 2.38. The van der Waals surface area contributed by atoms with Crippen molar-refractivity contribution in [2.24, 2.45) is 0 Å². The lowest BCUT2D eigenvalue weighted by molar-refractivity contribution is 0.0890. The molecule has 0 saturated heterocycles. The first-order chi connectivity index (χ1) is 10.4. The Kier molecular flexibility index (Phi) is 3.22. The molecule has 0 radical (unpaired) electrons. The summed E-state index contributed by atoms with van der Waals surface area (Å²) < 4.78 is 24.9. The summed E-state index contributed by atoms with van der Waals surface area (Å²) in [7, 11) is -2.66. The molecule has 0 atom stereocenters. The molecule has 112 valence electrons. The van der Waals surface area contributed by atoms with Gasteiger partial charge >= 0.3 is 0 Å². The number of rotatable bonds is 2. The van der Waals surface area contributed by atoms with Crippen LogP contribution in [-0.2, 0) is 10.0 Å². The summed E-state index contributed by atoms with van der Waals surface area (Å²) in [5, 5.41) is 2.67. The second-order valence-electron chi connectivity index (χ2n) is 4.81. The van der Waals surface area contributed by atoms with Gasteiger partial charge in [-0.3, -0.25) is 9.59 Å². The van der Waals surface area contributed by atoms with Crippen molar-refractivity contribution in [2.45, 2.75) is 4.90 Å². The van der Waals surface area contributed by atoms with E-state index in [1.807, 2.05) is 6.07 Å². The Morgan fingerprint density at radius 2 is 1.77 bits per heavy atom. The van der Waals surface area contributed by atoms with Gasteiger partial charge in [0.05, 0.1) is 5.56 Å². The molecule has 0 bridgehead atoms. The van der Waals surface area contributed by atoms with Crippen LogP contribution < -0.4 is 5.32 Å². The average molecular weight is 316 g/mol. The SMILES string of the molecule is CN1C(=O)c2ccc(C(=O)Nc3ccccc3)cc2S1(=O)=O. The van der Waals surface area contributed by atoms with Crippen LogP contribution in [0, 0.1) is 0 Å². The summed E-state index contributed by atoms with van der Waals surface area (Å²) in [6, 6.07) is 12.8. The fraction of sp³-hybridized carbons (Fsp3) is 0.0667. The van der Waals surface area contributed by atoms with Crippen LogP contribution in [0.5, 0.6) is 0 Å². The summed E-state index contributed by atoms with van der Waals surface area (Å²) in [4.78, 5) is 23.9. The van der Waals surface area contributed by atoms with Gasteiger partial charge in [0, 0.05) is 18.3 Å². The topological polar surface area (TPSA) is 83.6 Å². The first-order valence-electron chi connectivity index (χ1n) is 6.45. The Balaban J connectivity index is 1.97. The van der Waals surface area contributed by atoms with Gasteiger partial charge in [0.1, 0.15) is 4.90 Å². The lowest BCUT2D eigenvalue weighted by Crippen LogP contribution is -2.24. The molecule has 2 amide bonds. The first kappa shape index (κ1) is 14.3. The van der Waals surface area contributed by atoms with Gasteiger partial charge in [0.25, 0.3) is 21.8 Å². The number of carbonyl (C=O) groups is 2. The monoisotopic (exact) mass is 316 g/mol. The van der Waals surface area contributed by atoms with Gasteiger partial charge < -0.3 is 5.32 Å². The lowest BCUT2D eigenvalue weighted by Gasteiger charge is -2.07. The molecule has 3 rings (SSSR count). The molecule has 6 nitrogen and oxygen atoms in total. The Labute approximate surface area is 127 Å². The quantitative estimate of drug-likeness (QED) is 0.914. The molecule has 0 unspecified atom stereocenters. The van der Waals surface area contributed by atoms with Crippen LogP contribution in [-0.4, -0.2) is 31.6 Å². The number of amides is 2. The number of para-hydroxylation sites is 1. The Hall–Kier alpha value is -2.67. The van der Waals surface area contributed by atoms with Crippen LogP contribution in [0.15, 0.2) is 53.4 Å². The summed E-state index contributed by atoms with van der Waals surface area (Å²) in [5.74, 6) is -1.03. The lowest BCUT2D eigenvalue weighted by atomic mass is 10.1. The second-order valence-corrected chi connectivity index (χ2v) is 6.75.